The molecule has 166 valence electrons. The molecule has 0 fully saturated rings. The fraction of sp³-hybridized carbons (Fsp3) is 0.231. The second-order valence-electron chi connectivity index (χ2n) is 8.75. The second-order valence-corrected chi connectivity index (χ2v) is 8.75. The summed E-state index contributed by atoms with van der Waals surface area (Å²) in [6.45, 7) is 5.57. The van der Waals surface area contributed by atoms with E-state index in [0.29, 0.717) is 22.3 Å². The maximum atomic E-state index is 15.3. The van der Waals surface area contributed by atoms with Crippen LogP contribution in [0.1, 0.15) is 25.0 Å². The Bertz CT molecular complexity index is 1270. The predicted molar refractivity (Wildman–Crippen MR) is 127 cm³/mol. The van der Waals surface area contributed by atoms with Crippen molar-refractivity contribution in [3.8, 4) is 11.1 Å². The van der Waals surface area contributed by atoms with Crippen LogP contribution in [0.15, 0.2) is 60.8 Å². The van der Waals surface area contributed by atoms with E-state index in [1.54, 1.807) is 12.1 Å². The molecule has 0 spiro atoms. The first-order chi connectivity index (χ1) is 15.2. The van der Waals surface area contributed by atoms with Crippen LogP contribution in [-0.2, 0) is 6.42 Å². The summed E-state index contributed by atoms with van der Waals surface area (Å²) in [5.74, 6) is -1.23. The van der Waals surface area contributed by atoms with E-state index in [1.165, 1.54) is 6.07 Å². The molecule has 4 nitrogen and oxygen atoms in total. The third-order valence-corrected chi connectivity index (χ3v) is 6.00. The van der Waals surface area contributed by atoms with Crippen molar-refractivity contribution in [3.63, 3.8) is 0 Å². The Kier molecular flexibility index (Phi) is 5.65. The summed E-state index contributed by atoms with van der Waals surface area (Å²) in [4.78, 5) is 3.11. The summed E-state index contributed by atoms with van der Waals surface area (Å²) in [5.41, 5.74) is 8.44. The van der Waals surface area contributed by atoms with Gasteiger partial charge in [-0.2, -0.15) is 0 Å². The van der Waals surface area contributed by atoms with E-state index in [2.05, 4.69) is 10.3 Å². The Hall–Kier alpha value is -3.38. The molecule has 1 aliphatic rings. The molecule has 3 aromatic carbocycles. The molecule has 0 bridgehead atoms. The Morgan fingerprint density at radius 1 is 1.06 bits per heavy atom. The van der Waals surface area contributed by atoms with Gasteiger partial charge in [0, 0.05) is 40.5 Å². The predicted octanol–water partition coefficient (Wildman–Crippen LogP) is 5.80. The largest absolute Gasteiger partial charge is 0.399 e. The molecule has 0 saturated heterocycles. The monoisotopic (exact) mass is 435 g/mol. The Morgan fingerprint density at radius 2 is 1.78 bits per heavy atom. The lowest BCUT2D eigenvalue weighted by atomic mass is 9.84. The number of aliphatic hydroxyl groups excluding tert-OH is 1. The number of nitrogens with two attached hydrogens (primary N) is 1. The first-order valence-corrected chi connectivity index (χ1v) is 10.5. The van der Waals surface area contributed by atoms with Crippen LogP contribution in [0.5, 0.6) is 0 Å². The molecule has 1 unspecified atom stereocenters. The lowest BCUT2D eigenvalue weighted by Crippen LogP contribution is -2.48. The van der Waals surface area contributed by atoms with Gasteiger partial charge in [0.15, 0.2) is 0 Å². The van der Waals surface area contributed by atoms with Crippen molar-refractivity contribution in [2.24, 2.45) is 0 Å². The normalized spacial score (nSPS) is 16.6. The molecule has 0 aliphatic carbocycles. The highest BCUT2D eigenvalue weighted by molar-refractivity contribution is 5.96. The van der Waals surface area contributed by atoms with Crippen molar-refractivity contribution in [2.45, 2.75) is 38.8 Å². The number of halogens is 2. The number of aromatic nitrogens is 1. The molecule has 2 heterocycles. The lowest BCUT2D eigenvalue weighted by molar-refractivity contribution is 0.109. The molecule has 32 heavy (non-hydrogen) atoms. The molecule has 1 aliphatic heterocycles. The Balaban J connectivity index is 0.000000300. The third kappa shape index (κ3) is 3.94. The average molecular weight is 436 g/mol. The number of aryl methyl sites for hydroxylation is 1. The van der Waals surface area contributed by atoms with Gasteiger partial charge in [-0.15, -0.1) is 0 Å². The molecule has 1 aromatic heterocycles. The lowest BCUT2D eigenvalue weighted by Gasteiger charge is -2.38. The van der Waals surface area contributed by atoms with Crippen molar-refractivity contribution < 1.29 is 13.9 Å². The number of para-hydroxylation sites is 2. The van der Waals surface area contributed by atoms with Crippen molar-refractivity contribution >= 4 is 22.3 Å². The first kappa shape index (κ1) is 21.8. The number of nitrogen functional groups attached to an aromatic ring is 1. The minimum absolute atomic E-state index is 0.0556. The summed E-state index contributed by atoms with van der Waals surface area (Å²) in [5, 5.41) is 14.3. The van der Waals surface area contributed by atoms with Gasteiger partial charge in [-0.3, -0.25) is 0 Å². The molecule has 0 amide bonds. The summed E-state index contributed by atoms with van der Waals surface area (Å²) >= 11 is 0. The summed E-state index contributed by atoms with van der Waals surface area (Å²) in [6, 6.07) is 16.2. The SMILES string of the molecule is Cc1c[nH]c2c(-c3c(F)cc4c(c3F)CC(O)C(C)(C)N4)cccc12.Nc1ccccc1. The zero-order chi connectivity index (χ0) is 23.0. The highest BCUT2D eigenvalue weighted by Crippen LogP contribution is 2.40. The van der Waals surface area contributed by atoms with Gasteiger partial charge in [0.05, 0.1) is 22.7 Å². The minimum atomic E-state index is -0.753. The topological polar surface area (TPSA) is 74.1 Å². The molecule has 5 rings (SSSR count). The first-order valence-electron chi connectivity index (χ1n) is 10.5. The number of rotatable bonds is 1. The van der Waals surface area contributed by atoms with E-state index < -0.39 is 23.3 Å². The van der Waals surface area contributed by atoms with Crippen LogP contribution in [0.25, 0.3) is 22.0 Å². The van der Waals surface area contributed by atoms with Gasteiger partial charge in [0.2, 0.25) is 0 Å². The minimum Gasteiger partial charge on any atom is -0.399 e. The zero-order valence-corrected chi connectivity index (χ0v) is 18.3. The van der Waals surface area contributed by atoms with E-state index in [-0.39, 0.29) is 12.0 Å². The van der Waals surface area contributed by atoms with Crippen LogP contribution < -0.4 is 11.1 Å². The average Bonchev–Trinajstić information content (AvgIpc) is 3.12. The van der Waals surface area contributed by atoms with Gasteiger partial charge in [0.1, 0.15) is 11.6 Å². The van der Waals surface area contributed by atoms with E-state index in [0.717, 1.165) is 16.6 Å². The molecule has 4 aromatic rings. The molecule has 0 saturated carbocycles. The molecule has 0 radical (unpaired) electrons. The fourth-order valence-corrected chi connectivity index (χ4v) is 4.05. The second kappa shape index (κ2) is 8.28. The summed E-state index contributed by atoms with van der Waals surface area (Å²) in [7, 11) is 0. The van der Waals surface area contributed by atoms with Crippen molar-refractivity contribution in [1.82, 2.24) is 4.98 Å². The van der Waals surface area contributed by atoms with Crippen LogP contribution >= 0.6 is 0 Å². The van der Waals surface area contributed by atoms with Crippen LogP contribution in [-0.4, -0.2) is 21.7 Å². The number of hydrogen-bond donors (Lipinski definition) is 4. The van der Waals surface area contributed by atoms with Crippen LogP contribution in [0, 0.1) is 18.6 Å². The fourth-order valence-electron chi connectivity index (χ4n) is 4.05. The summed E-state index contributed by atoms with van der Waals surface area (Å²) in [6.07, 6.45) is 1.22. The van der Waals surface area contributed by atoms with Crippen LogP contribution in [0.3, 0.4) is 0 Å². The number of benzene rings is 3. The zero-order valence-electron chi connectivity index (χ0n) is 18.3. The van der Waals surface area contributed by atoms with Gasteiger partial charge >= 0.3 is 0 Å². The van der Waals surface area contributed by atoms with Crippen molar-refractivity contribution in [1.29, 1.82) is 0 Å². The molecular formula is C26H27F2N3O. The number of H-pyrrole nitrogens is 1. The molecular weight excluding hydrogens is 408 g/mol. The number of aromatic amines is 1. The Labute approximate surface area is 186 Å². The third-order valence-electron chi connectivity index (χ3n) is 6.00. The van der Waals surface area contributed by atoms with Gasteiger partial charge in [-0.1, -0.05) is 36.4 Å². The number of nitrogens with one attached hydrogen (secondary N) is 2. The highest BCUT2D eigenvalue weighted by atomic mass is 19.1. The number of aliphatic hydroxyl groups is 1. The van der Waals surface area contributed by atoms with Crippen molar-refractivity contribution in [2.75, 3.05) is 11.1 Å². The van der Waals surface area contributed by atoms with E-state index >= 15 is 4.39 Å². The van der Waals surface area contributed by atoms with E-state index in [1.807, 2.05) is 63.4 Å². The molecule has 5 N–H and O–H groups in total. The van der Waals surface area contributed by atoms with Gasteiger partial charge in [-0.05, 0) is 44.5 Å². The van der Waals surface area contributed by atoms with Gasteiger partial charge < -0.3 is 21.1 Å². The maximum absolute atomic E-state index is 15.3. The number of fused-ring (bicyclic) bond motifs is 2. The summed E-state index contributed by atoms with van der Waals surface area (Å²) < 4.78 is 30.1. The molecule has 6 heteroatoms. The standard InChI is InChI=1S/C20H20F2N2O.C6H7N/c1-10-9-23-19-11(10)5-4-6-12(19)17-14(21)8-15-13(18(17)22)7-16(25)20(2,3)24-15;7-6-4-2-1-3-5-6/h4-6,8-9,16,23-25H,7H2,1-3H3;1-5H,7H2. The van der Waals surface area contributed by atoms with Gasteiger partial charge in [-0.25, -0.2) is 8.78 Å². The van der Waals surface area contributed by atoms with E-state index in [4.69, 9.17) is 5.73 Å². The highest BCUT2D eigenvalue weighted by Gasteiger charge is 2.36. The van der Waals surface area contributed by atoms with E-state index in [9.17, 15) is 9.50 Å². The maximum Gasteiger partial charge on any atom is 0.139 e. The smallest absolute Gasteiger partial charge is 0.139 e. The van der Waals surface area contributed by atoms with Crippen molar-refractivity contribution in [3.05, 3.63) is 83.6 Å². The number of anilines is 2. The van der Waals surface area contributed by atoms with Crippen LogP contribution in [0.2, 0.25) is 0 Å². The van der Waals surface area contributed by atoms with Gasteiger partial charge in [0.25, 0.3) is 0 Å². The quantitative estimate of drug-likeness (QED) is 0.286. The van der Waals surface area contributed by atoms with Crippen LogP contribution in [0.4, 0.5) is 20.2 Å². The Morgan fingerprint density at radius 3 is 2.44 bits per heavy atom. The molecule has 1 atom stereocenters. The number of hydrogen-bond acceptors (Lipinski definition) is 3.